The lowest BCUT2D eigenvalue weighted by Crippen LogP contribution is -2.41. The number of likely N-dealkylation sites (tertiary alicyclic amines) is 1. The molecule has 1 aromatic rings. The van der Waals surface area contributed by atoms with Crippen molar-refractivity contribution in [1.82, 2.24) is 4.90 Å². The SMILES string of the molecule is Cc1ccccc1C(=O)CCC(=O)N1CCCC(CO)C1. The van der Waals surface area contributed by atoms with Crippen LogP contribution in [0.25, 0.3) is 0 Å². The summed E-state index contributed by atoms with van der Waals surface area (Å²) in [5, 5.41) is 9.20. The first kappa shape index (κ1) is 15.7. The molecule has 1 fully saturated rings. The molecule has 114 valence electrons. The van der Waals surface area contributed by atoms with Crippen LogP contribution in [0.2, 0.25) is 0 Å². The van der Waals surface area contributed by atoms with Crippen molar-refractivity contribution in [2.75, 3.05) is 19.7 Å². The van der Waals surface area contributed by atoms with E-state index in [4.69, 9.17) is 0 Å². The van der Waals surface area contributed by atoms with Gasteiger partial charge in [-0.3, -0.25) is 9.59 Å². The van der Waals surface area contributed by atoms with Crippen LogP contribution in [0, 0.1) is 12.8 Å². The van der Waals surface area contributed by atoms with Gasteiger partial charge in [0.25, 0.3) is 0 Å². The smallest absolute Gasteiger partial charge is 0.223 e. The van der Waals surface area contributed by atoms with Gasteiger partial charge in [-0.05, 0) is 31.2 Å². The summed E-state index contributed by atoms with van der Waals surface area (Å²) in [6, 6.07) is 7.47. The van der Waals surface area contributed by atoms with Crippen LogP contribution in [-0.4, -0.2) is 41.4 Å². The highest BCUT2D eigenvalue weighted by atomic mass is 16.3. The molecule has 1 heterocycles. The van der Waals surface area contributed by atoms with Crippen LogP contribution in [0.15, 0.2) is 24.3 Å². The van der Waals surface area contributed by atoms with E-state index in [9.17, 15) is 14.7 Å². The van der Waals surface area contributed by atoms with Crippen molar-refractivity contribution in [1.29, 1.82) is 0 Å². The molecule has 1 amide bonds. The minimum absolute atomic E-state index is 0.0232. The van der Waals surface area contributed by atoms with Crippen molar-refractivity contribution in [2.45, 2.75) is 32.6 Å². The summed E-state index contributed by atoms with van der Waals surface area (Å²) < 4.78 is 0. The maximum Gasteiger partial charge on any atom is 0.223 e. The summed E-state index contributed by atoms with van der Waals surface area (Å²) in [5.74, 6) is 0.238. The predicted molar refractivity (Wildman–Crippen MR) is 81.1 cm³/mol. The molecule has 1 unspecified atom stereocenters. The fourth-order valence-electron chi connectivity index (χ4n) is 2.84. The average molecular weight is 289 g/mol. The number of aliphatic hydroxyl groups excluding tert-OH is 1. The number of piperidine rings is 1. The number of hydrogen-bond donors (Lipinski definition) is 1. The molecule has 1 atom stereocenters. The topological polar surface area (TPSA) is 57.6 Å². The molecule has 0 aromatic heterocycles. The first-order chi connectivity index (χ1) is 10.1. The van der Waals surface area contributed by atoms with Crippen molar-refractivity contribution in [2.24, 2.45) is 5.92 Å². The Kier molecular flexibility index (Phi) is 5.51. The number of hydrogen-bond acceptors (Lipinski definition) is 3. The molecule has 0 radical (unpaired) electrons. The maximum atomic E-state index is 12.2. The zero-order valence-corrected chi connectivity index (χ0v) is 12.5. The molecule has 0 bridgehead atoms. The van der Waals surface area contributed by atoms with Gasteiger partial charge in [-0.25, -0.2) is 0 Å². The van der Waals surface area contributed by atoms with Gasteiger partial charge < -0.3 is 10.0 Å². The molecule has 0 aliphatic carbocycles. The molecule has 1 aliphatic rings. The second-order valence-electron chi connectivity index (χ2n) is 5.77. The molecule has 1 saturated heterocycles. The van der Waals surface area contributed by atoms with Gasteiger partial charge in [-0.1, -0.05) is 24.3 Å². The highest BCUT2D eigenvalue weighted by Gasteiger charge is 2.23. The van der Waals surface area contributed by atoms with Crippen molar-refractivity contribution in [3.8, 4) is 0 Å². The second kappa shape index (κ2) is 7.36. The van der Waals surface area contributed by atoms with Crippen molar-refractivity contribution in [3.05, 3.63) is 35.4 Å². The summed E-state index contributed by atoms with van der Waals surface area (Å²) in [5.41, 5.74) is 1.66. The fourth-order valence-corrected chi connectivity index (χ4v) is 2.84. The predicted octanol–water partition coefficient (Wildman–Crippen LogP) is 2.19. The van der Waals surface area contributed by atoms with Crippen LogP contribution in [0.4, 0.5) is 0 Å². The second-order valence-corrected chi connectivity index (χ2v) is 5.77. The molecule has 1 aromatic carbocycles. The molecular formula is C17H23NO3. The Morgan fingerprint density at radius 1 is 1.29 bits per heavy atom. The number of rotatable bonds is 5. The number of amides is 1. The summed E-state index contributed by atoms with van der Waals surface area (Å²) in [6.07, 6.45) is 2.42. The molecule has 4 heteroatoms. The van der Waals surface area contributed by atoms with E-state index in [1.54, 1.807) is 4.90 Å². The van der Waals surface area contributed by atoms with E-state index < -0.39 is 0 Å². The van der Waals surface area contributed by atoms with E-state index >= 15 is 0 Å². The summed E-state index contributed by atoms with van der Waals surface area (Å²) in [7, 11) is 0. The number of nitrogens with zero attached hydrogens (tertiary/aromatic N) is 1. The number of ketones is 1. The Morgan fingerprint density at radius 2 is 2.05 bits per heavy atom. The lowest BCUT2D eigenvalue weighted by atomic mass is 9.98. The number of carbonyl (C=O) groups is 2. The Bertz CT molecular complexity index is 513. The monoisotopic (exact) mass is 289 g/mol. The third kappa shape index (κ3) is 4.14. The van der Waals surface area contributed by atoms with Gasteiger partial charge in [0, 0.05) is 38.1 Å². The van der Waals surface area contributed by atoms with Gasteiger partial charge in [0.15, 0.2) is 5.78 Å². The molecule has 1 N–H and O–H groups in total. The molecule has 0 spiro atoms. The van der Waals surface area contributed by atoms with E-state index in [0.29, 0.717) is 12.1 Å². The van der Waals surface area contributed by atoms with E-state index in [1.165, 1.54) is 0 Å². The van der Waals surface area contributed by atoms with E-state index in [2.05, 4.69) is 0 Å². The lowest BCUT2D eigenvalue weighted by molar-refractivity contribution is -0.133. The number of aliphatic hydroxyl groups is 1. The van der Waals surface area contributed by atoms with Gasteiger partial charge in [-0.2, -0.15) is 0 Å². The molecule has 4 nitrogen and oxygen atoms in total. The first-order valence-corrected chi connectivity index (χ1v) is 7.59. The number of aryl methyl sites for hydroxylation is 1. The van der Waals surface area contributed by atoms with Crippen molar-refractivity contribution >= 4 is 11.7 Å². The van der Waals surface area contributed by atoms with Crippen LogP contribution in [0.5, 0.6) is 0 Å². The number of carbonyl (C=O) groups excluding carboxylic acids is 2. The third-order valence-electron chi connectivity index (χ3n) is 4.14. The van der Waals surface area contributed by atoms with Crippen LogP contribution < -0.4 is 0 Å². The third-order valence-corrected chi connectivity index (χ3v) is 4.14. The summed E-state index contributed by atoms with van der Waals surface area (Å²) in [4.78, 5) is 26.1. The van der Waals surface area contributed by atoms with Crippen molar-refractivity contribution in [3.63, 3.8) is 0 Å². The van der Waals surface area contributed by atoms with Gasteiger partial charge in [0.1, 0.15) is 0 Å². The van der Waals surface area contributed by atoms with E-state index in [1.807, 2.05) is 31.2 Å². The van der Waals surface area contributed by atoms with Crippen LogP contribution in [-0.2, 0) is 4.79 Å². The molecule has 21 heavy (non-hydrogen) atoms. The lowest BCUT2D eigenvalue weighted by Gasteiger charge is -2.31. The average Bonchev–Trinajstić information content (AvgIpc) is 2.52. The molecule has 0 saturated carbocycles. The van der Waals surface area contributed by atoms with Crippen molar-refractivity contribution < 1.29 is 14.7 Å². The standard InChI is InChI=1S/C17H23NO3/c1-13-5-2-3-7-15(13)16(20)8-9-17(21)18-10-4-6-14(11-18)12-19/h2-3,5,7,14,19H,4,6,8-12H2,1H3. The van der Waals surface area contributed by atoms with E-state index in [0.717, 1.165) is 24.9 Å². The normalized spacial score (nSPS) is 18.6. The number of benzene rings is 1. The zero-order valence-electron chi connectivity index (χ0n) is 12.5. The highest BCUT2D eigenvalue weighted by molar-refractivity contribution is 5.99. The summed E-state index contributed by atoms with van der Waals surface area (Å²) in [6.45, 7) is 3.40. The molecule has 2 rings (SSSR count). The minimum Gasteiger partial charge on any atom is -0.396 e. The maximum absolute atomic E-state index is 12.2. The molecular weight excluding hydrogens is 266 g/mol. The van der Waals surface area contributed by atoms with Gasteiger partial charge >= 0.3 is 0 Å². The van der Waals surface area contributed by atoms with Crippen LogP contribution >= 0.6 is 0 Å². The largest absolute Gasteiger partial charge is 0.396 e. The van der Waals surface area contributed by atoms with Gasteiger partial charge in [0.05, 0.1) is 0 Å². The minimum atomic E-state index is 0.0232. The fraction of sp³-hybridized carbons (Fsp3) is 0.529. The number of Topliss-reactive ketones (excluding diaryl/α,β-unsaturated/α-hetero) is 1. The van der Waals surface area contributed by atoms with Gasteiger partial charge in [0.2, 0.25) is 5.91 Å². The quantitative estimate of drug-likeness (QED) is 0.845. The van der Waals surface area contributed by atoms with Gasteiger partial charge in [-0.15, -0.1) is 0 Å². The molecule has 1 aliphatic heterocycles. The first-order valence-electron chi connectivity index (χ1n) is 7.59. The Morgan fingerprint density at radius 3 is 2.76 bits per heavy atom. The Balaban J connectivity index is 1.86. The Hall–Kier alpha value is -1.68. The Labute approximate surface area is 125 Å². The van der Waals surface area contributed by atoms with Crippen LogP contribution in [0.1, 0.15) is 41.6 Å². The van der Waals surface area contributed by atoms with E-state index in [-0.39, 0.29) is 37.1 Å². The zero-order chi connectivity index (χ0) is 15.2. The highest BCUT2D eigenvalue weighted by Crippen LogP contribution is 2.18. The summed E-state index contributed by atoms with van der Waals surface area (Å²) >= 11 is 0. The van der Waals surface area contributed by atoms with Crippen LogP contribution in [0.3, 0.4) is 0 Å².